The molecule has 0 spiro atoms. The van der Waals surface area contributed by atoms with Crippen LogP contribution in [0.25, 0.3) is 0 Å². The van der Waals surface area contributed by atoms with Gasteiger partial charge in [0, 0.05) is 30.1 Å². The third-order valence-corrected chi connectivity index (χ3v) is 0.344. The summed E-state index contributed by atoms with van der Waals surface area (Å²) in [6.45, 7) is 0. The second-order valence-electron chi connectivity index (χ2n) is 0.812. The molecule has 0 unspecified atom stereocenters. The molecule has 0 aliphatic heterocycles. The van der Waals surface area contributed by atoms with Crippen molar-refractivity contribution in [2.75, 3.05) is 7.05 Å². The zero-order valence-corrected chi connectivity index (χ0v) is 4.36. The zero-order chi connectivity index (χ0) is 6.24. The Labute approximate surface area is 46.9 Å². The van der Waals surface area contributed by atoms with Crippen LogP contribution >= 0.6 is 0 Å². The van der Waals surface area contributed by atoms with Crippen LogP contribution in [0.1, 0.15) is 0 Å². The van der Waals surface area contributed by atoms with Crippen LogP contribution in [0.2, 0.25) is 0 Å². The summed E-state index contributed by atoms with van der Waals surface area (Å²) in [6, 6.07) is 0. The average Bonchev–Trinajstić information content (AvgIpc) is 1.81. The van der Waals surface area contributed by atoms with E-state index in [9.17, 15) is 4.79 Å². The summed E-state index contributed by atoms with van der Waals surface area (Å²) in [5.41, 5.74) is 6.50. The van der Waals surface area contributed by atoms with Crippen LogP contribution in [0, 0.1) is 0 Å². The van der Waals surface area contributed by atoms with Gasteiger partial charge in [-0.15, -0.1) is 0 Å². The fourth-order valence-electron chi connectivity index (χ4n) is 0.141. The van der Waals surface area contributed by atoms with E-state index in [4.69, 9.17) is 0 Å². The Kier molecular flexibility index (Phi) is 4.47. The third kappa shape index (κ3) is 4.50. The summed E-state index contributed by atoms with van der Waals surface area (Å²) >= 11 is 0. The summed E-state index contributed by atoms with van der Waals surface area (Å²) in [5.74, 6) is 3.68. The lowest BCUT2D eigenvalue weighted by molar-refractivity contribution is 0.569. The molecule has 0 rings (SSSR count). The molecule has 2 nitrogen and oxygen atoms in total. The van der Waals surface area contributed by atoms with Crippen molar-refractivity contribution in [3.63, 3.8) is 0 Å². The lowest BCUT2D eigenvalue weighted by Gasteiger charge is -1.44. The van der Waals surface area contributed by atoms with Crippen molar-refractivity contribution in [3.05, 3.63) is 17.2 Å². The largest absolute Gasteiger partial charge is 0.238 e. The van der Waals surface area contributed by atoms with Crippen molar-refractivity contribution in [2.45, 2.75) is 0 Å². The molecule has 0 radical (unpaired) electrons. The molecule has 0 N–H and O–H groups in total. The second kappa shape index (κ2) is 5.50. The van der Waals surface area contributed by atoms with Crippen LogP contribution in [0.4, 0.5) is 0 Å². The first-order valence-electron chi connectivity index (χ1n) is 1.87. The molecule has 0 amide bonds. The molecule has 0 aliphatic carbocycles. The van der Waals surface area contributed by atoms with Crippen LogP contribution in [0.5, 0.6) is 0 Å². The van der Waals surface area contributed by atoms with Crippen molar-refractivity contribution < 1.29 is 4.79 Å². The SMILES string of the molecule is CN=C=C=C=C=C=O. The lowest BCUT2D eigenvalue weighted by Crippen LogP contribution is -1.41. The van der Waals surface area contributed by atoms with Crippen LogP contribution in [-0.2, 0) is 4.79 Å². The highest BCUT2D eigenvalue weighted by Crippen LogP contribution is 1.42. The van der Waals surface area contributed by atoms with Crippen LogP contribution < -0.4 is 0 Å². The smallest absolute Gasteiger partial charge is 0.186 e. The van der Waals surface area contributed by atoms with Gasteiger partial charge >= 0.3 is 0 Å². The maximum Gasteiger partial charge on any atom is 0.186 e. The summed E-state index contributed by atoms with van der Waals surface area (Å²) in [7, 11) is 1.54. The Hall–Kier alpha value is -1.50. The van der Waals surface area contributed by atoms with Crippen LogP contribution in [-0.4, -0.2) is 18.9 Å². The van der Waals surface area contributed by atoms with E-state index in [-0.39, 0.29) is 0 Å². The molecular formula is C6H3NO. The molecule has 0 bridgehead atoms. The number of rotatable bonds is 0. The second-order valence-corrected chi connectivity index (χ2v) is 0.812. The summed E-state index contributed by atoms with van der Waals surface area (Å²) in [5, 5.41) is 0. The Morgan fingerprint density at radius 3 is 2.50 bits per heavy atom. The molecule has 0 aromatic heterocycles. The minimum atomic E-state index is 1.37. The molecule has 38 valence electrons. The molecule has 0 heterocycles. The Morgan fingerprint density at radius 1 is 1.25 bits per heavy atom. The van der Waals surface area contributed by atoms with E-state index < -0.39 is 0 Å². The molecule has 0 atom stereocenters. The normalized spacial score (nSPS) is 4.12. The molecule has 0 aromatic carbocycles. The topological polar surface area (TPSA) is 29.4 Å². The third-order valence-electron chi connectivity index (χ3n) is 0.344. The maximum absolute atomic E-state index is 9.37. The van der Waals surface area contributed by atoms with Gasteiger partial charge in [0.2, 0.25) is 0 Å². The number of carbonyl (C=O) groups excluding carboxylic acids is 1. The first-order valence-corrected chi connectivity index (χ1v) is 1.87. The molecule has 8 heavy (non-hydrogen) atoms. The van der Waals surface area contributed by atoms with Gasteiger partial charge in [0.05, 0.1) is 0 Å². The van der Waals surface area contributed by atoms with Gasteiger partial charge < -0.3 is 0 Å². The summed E-state index contributed by atoms with van der Waals surface area (Å²) < 4.78 is 0. The number of hydrogen-bond donors (Lipinski definition) is 0. The van der Waals surface area contributed by atoms with E-state index in [0.717, 1.165) is 0 Å². The highest BCUT2D eigenvalue weighted by molar-refractivity contribution is 5.51. The van der Waals surface area contributed by atoms with E-state index in [1.54, 1.807) is 7.05 Å². The lowest BCUT2D eigenvalue weighted by atomic mass is 10.8. The van der Waals surface area contributed by atoms with E-state index in [1.165, 1.54) is 5.94 Å². The van der Waals surface area contributed by atoms with Crippen LogP contribution in [0.3, 0.4) is 0 Å². The first kappa shape index (κ1) is 6.50. The monoisotopic (exact) mass is 105 g/mol. The molecule has 2 heteroatoms. The minimum Gasteiger partial charge on any atom is -0.238 e. The molecule has 0 saturated heterocycles. The number of nitrogens with zero attached hydrogens (tertiary/aromatic N) is 1. The highest BCUT2D eigenvalue weighted by Gasteiger charge is 1.38. The fourth-order valence-corrected chi connectivity index (χ4v) is 0.141. The Balaban J connectivity index is 4.76. The standard InChI is InChI=1S/C6H3NO/c1-7-5-3-2-4-6-8/h1H3. The van der Waals surface area contributed by atoms with Crippen molar-refractivity contribution in [1.82, 2.24) is 0 Å². The van der Waals surface area contributed by atoms with Crippen molar-refractivity contribution in [3.8, 4) is 0 Å². The van der Waals surface area contributed by atoms with E-state index >= 15 is 0 Å². The number of hydrogen-bond acceptors (Lipinski definition) is 2. The fraction of sp³-hybridized carbons (Fsp3) is 0.167. The van der Waals surface area contributed by atoms with Crippen molar-refractivity contribution in [1.29, 1.82) is 0 Å². The van der Waals surface area contributed by atoms with Gasteiger partial charge in [0.1, 0.15) is 0 Å². The molecular weight excluding hydrogens is 102 g/mol. The highest BCUT2D eigenvalue weighted by atomic mass is 16.1. The molecule has 0 aliphatic rings. The van der Waals surface area contributed by atoms with Gasteiger partial charge in [-0.3, -0.25) is 0 Å². The van der Waals surface area contributed by atoms with Gasteiger partial charge in [-0.2, -0.15) is 0 Å². The average molecular weight is 105 g/mol. The van der Waals surface area contributed by atoms with Gasteiger partial charge in [0.25, 0.3) is 0 Å². The van der Waals surface area contributed by atoms with Crippen LogP contribution in [0.15, 0.2) is 22.2 Å². The predicted molar refractivity (Wildman–Crippen MR) is 29.6 cm³/mol. The Bertz CT molecular complexity index is 236. The minimum absolute atomic E-state index is 1.37. The van der Waals surface area contributed by atoms with Crippen molar-refractivity contribution >= 4 is 11.8 Å². The maximum atomic E-state index is 9.37. The molecule has 0 saturated carbocycles. The van der Waals surface area contributed by atoms with E-state index in [2.05, 4.69) is 22.3 Å². The summed E-state index contributed by atoms with van der Waals surface area (Å²) in [6.07, 6.45) is 0. The van der Waals surface area contributed by atoms with E-state index in [0.29, 0.717) is 0 Å². The van der Waals surface area contributed by atoms with E-state index in [1.807, 2.05) is 5.73 Å². The molecule has 0 fully saturated rings. The first-order chi connectivity index (χ1) is 3.91. The quantitative estimate of drug-likeness (QED) is 0.245. The molecule has 0 aromatic rings. The zero-order valence-electron chi connectivity index (χ0n) is 4.36. The Morgan fingerprint density at radius 2 is 2.00 bits per heavy atom. The van der Waals surface area contributed by atoms with Gasteiger partial charge in [0.15, 0.2) is 5.94 Å². The number of aliphatic imine (C=N–C) groups is 1. The van der Waals surface area contributed by atoms with Gasteiger partial charge in [-0.1, -0.05) is 0 Å². The van der Waals surface area contributed by atoms with Gasteiger partial charge in [-0.05, 0) is 0 Å². The predicted octanol–water partition coefficient (Wildman–Crippen LogP) is 0.139. The summed E-state index contributed by atoms with van der Waals surface area (Å²) in [4.78, 5) is 12.8. The van der Waals surface area contributed by atoms with Crippen molar-refractivity contribution in [2.24, 2.45) is 4.99 Å². The van der Waals surface area contributed by atoms with Gasteiger partial charge in [-0.25, -0.2) is 9.79 Å².